The molecule has 13 heavy (non-hydrogen) atoms. The van der Waals surface area contributed by atoms with Gasteiger partial charge in [0.1, 0.15) is 5.82 Å². The molecule has 1 aromatic carbocycles. The quantitative estimate of drug-likeness (QED) is 0.746. The molecule has 0 bridgehead atoms. The summed E-state index contributed by atoms with van der Waals surface area (Å²) in [6.07, 6.45) is -0.190. The molecule has 0 saturated carbocycles. The molecule has 0 fully saturated rings. The van der Waals surface area contributed by atoms with Gasteiger partial charge in [-0.3, -0.25) is 0 Å². The predicted octanol–water partition coefficient (Wildman–Crippen LogP) is 1.52. The average Bonchev–Trinajstić information content (AvgIpc) is 2.09. The molecule has 0 aliphatic heterocycles. The highest BCUT2D eigenvalue weighted by Crippen LogP contribution is 2.20. The molecule has 3 heteroatoms. The minimum atomic E-state index is -0.652. The maximum absolute atomic E-state index is 12.8. The summed E-state index contributed by atoms with van der Waals surface area (Å²) >= 11 is 0. The topological polar surface area (TPSA) is 46.2 Å². The van der Waals surface area contributed by atoms with Crippen LogP contribution in [-0.4, -0.2) is 11.7 Å². The van der Waals surface area contributed by atoms with Crippen LogP contribution < -0.4 is 5.73 Å². The van der Waals surface area contributed by atoms with Gasteiger partial charge in [-0.1, -0.05) is 6.07 Å². The zero-order valence-electron chi connectivity index (χ0n) is 7.63. The minimum absolute atomic E-state index is 0.323. The van der Waals surface area contributed by atoms with E-state index in [0.717, 1.165) is 5.56 Å². The van der Waals surface area contributed by atoms with E-state index in [0.29, 0.717) is 18.5 Å². The van der Waals surface area contributed by atoms with Crippen molar-refractivity contribution in [1.82, 2.24) is 0 Å². The third-order valence-corrected chi connectivity index (χ3v) is 2.04. The zero-order valence-corrected chi connectivity index (χ0v) is 7.63. The second-order valence-electron chi connectivity index (χ2n) is 3.09. The molecule has 3 N–H and O–H groups in total. The van der Waals surface area contributed by atoms with Crippen LogP contribution in [0.3, 0.4) is 0 Å². The molecule has 0 aliphatic rings. The molecule has 0 spiro atoms. The standard InChI is InChI=1S/C10H14FNO/c1-7-2-3-8(11)6-9(7)10(13)4-5-12/h2-3,6,10,13H,4-5,12H2,1H3/t10-/m0/s1. The van der Waals surface area contributed by atoms with E-state index in [1.54, 1.807) is 6.07 Å². The van der Waals surface area contributed by atoms with Gasteiger partial charge in [0.15, 0.2) is 0 Å². The van der Waals surface area contributed by atoms with Gasteiger partial charge in [-0.25, -0.2) is 4.39 Å². The van der Waals surface area contributed by atoms with Gasteiger partial charge in [-0.15, -0.1) is 0 Å². The van der Waals surface area contributed by atoms with Crippen molar-refractivity contribution in [2.24, 2.45) is 5.73 Å². The van der Waals surface area contributed by atoms with E-state index in [2.05, 4.69) is 0 Å². The second-order valence-corrected chi connectivity index (χ2v) is 3.09. The number of nitrogens with two attached hydrogens (primary N) is 1. The number of aryl methyl sites for hydroxylation is 1. The zero-order chi connectivity index (χ0) is 9.84. The van der Waals surface area contributed by atoms with Gasteiger partial charge in [0.05, 0.1) is 6.10 Å². The van der Waals surface area contributed by atoms with E-state index >= 15 is 0 Å². The average molecular weight is 183 g/mol. The Morgan fingerprint density at radius 1 is 1.54 bits per heavy atom. The third-order valence-electron chi connectivity index (χ3n) is 2.04. The first-order valence-corrected chi connectivity index (χ1v) is 4.29. The van der Waals surface area contributed by atoms with Gasteiger partial charge in [-0.05, 0) is 43.1 Å². The van der Waals surface area contributed by atoms with Gasteiger partial charge < -0.3 is 10.8 Å². The molecule has 1 rings (SSSR count). The lowest BCUT2D eigenvalue weighted by atomic mass is 10.0. The first-order chi connectivity index (χ1) is 6.15. The Labute approximate surface area is 77.2 Å². The lowest BCUT2D eigenvalue weighted by molar-refractivity contribution is 0.169. The molecule has 0 radical (unpaired) electrons. The van der Waals surface area contributed by atoms with Crippen LogP contribution >= 0.6 is 0 Å². The van der Waals surface area contributed by atoms with E-state index < -0.39 is 6.10 Å². The fraction of sp³-hybridized carbons (Fsp3) is 0.400. The highest BCUT2D eigenvalue weighted by molar-refractivity contribution is 5.28. The van der Waals surface area contributed by atoms with Crippen LogP contribution in [0.5, 0.6) is 0 Å². The number of hydrogen-bond donors (Lipinski definition) is 2. The van der Waals surface area contributed by atoms with Crippen LogP contribution in [0.15, 0.2) is 18.2 Å². The largest absolute Gasteiger partial charge is 0.388 e. The Kier molecular flexibility index (Phi) is 3.39. The summed E-state index contributed by atoms with van der Waals surface area (Å²) in [5, 5.41) is 9.58. The molecule has 1 atom stereocenters. The fourth-order valence-corrected chi connectivity index (χ4v) is 1.28. The number of hydrogen-bond acceptors (Lipinski definition) is 2. The lowest BCUT2D eigenvalue weighted by Crippen LogP contribution is -2.08. The molecule has 2 nitrogen and oxygen atoms in total. The molecule has 0 saturated heterocycles. The number of rotatable bonds is 3. The second kappa shape index (κ2) is 4.35. The van der Waals surface area contributed by atoms with Crippen molar-refractivity contribution in [3.63, 3.8) is 0 Å². The van der Waals surface area contributed by atoms with Gasteiger partial charge >= 0.3 is 0 Å². The fourth-order valence-electron chi connectivity index (χ4n) is 1.28. The monoisotopic (exact) mass is 183 g/mol. The van der Waals surface area contributed by atoms with Gasteiger partial charge in [0, 0.05) is 0 Å². The van der Waals surface area contributed by atoms with E-state index in [-0.39, 0.29) is 5.82 Å². The predicted molar refractivity (Wildman–Crippen MR) is 49.8 cm³/mol. The van der Waals surface area contributed by atoms with Crippen molar-refractivity contribution in [3.8, 4) is 0 Å². The molecule has 0 aromatic heterocycles. The third kappa shape index (κ3) is 2.50. The van der Waals surface area contributed by atoms with Gasteiger partial charge in [0.25, 0.3) is 0 Å². The summed E-state index contributed by atoms with van der Waals surface area (Å²) in [7, 11) is 0. The van der Waals surface area contributed by atoms with Crippen molar-refractivity contribution in [2.75, 3.05) is 6.54 Å². The first kappa shape index (κ1) is 10.2. The van der Waals surface area contributed by atoms with Crippen molar-refractivity contribution in [1.29, 1.82) is 0 Å². The van der Waals surface area contributed by atoms with Crippen LogP contribution in [-0.2, 0) is 0 Å². The SMILES string of the molecule is Cc1ccc(F)cc1[C@@H](O)CCN. The summed E-state index contributed by atoms with van der Waals surface area (Å²) in [6, 6.07) is 4.40. The highest BCUT2D eigenvalue weighted by atomic mass is 19.1. The van der Waals surface area contributed by atoms with Crippen molar-refractivity contribution in [3.05, 3.63) is 35.1 Å². The van der Waals surface area contributed by atoms with Gasteiger partial charge in [0.2, 0.25) is 0 Å². The van der Waals surface area contributed by atoms with E-state index in [1.807, 2.05) is 6.92 Å². The molecule has 72 valence electrons. The maximum atomic E-state index is 12.8. The Morgan fingerprint density at radius 3 is 2.85 bits per heavy atom. The lowest BCUT2D eigenvalue weighted by Gasteiger charge is -2.12. The van der Waals surface area contributed by atoms with Crippen LogP contribution in [0, 0.1) is 12.7 Å². The van der Waals surface area contributed by atoms with Crippen LogP contribution in [0.1, 0.15) is 23.7 Å². The Balaban J connectivity index is 2.91. The normalized spacial score (nSPS) is 12.9. The number of aliphatic hydroxyl groups is 1. The molecule has 0 unspecified atom stereocenters. The summed E-state index contributed by atoms with van der Waals surface area (Å²) in [5.74, 6) is -0.323. The van der Waals surface area contributed by atoms with Crippen molar-refractivity contribution >= 4 is 0 Å². The molecule has 0 aliphatic carbocycles. The molecule has 0 amide bonds. The van der Waals surface area contributed by atoms with Crippen molar-refractivity contribution < 1.29 is 9.50 Å². The highest BCUT2D eigenvalue weighted by Gasteiger charge is 2.09. The summed E-state index contributed by atoms with van der Waals surface area (Å²) in [5.41, 5.74) is 6.82. The number of halogens is 1. The van der Waals surface area contributed by atoms with Crippen LogP contribution in [0.2, 0.25) is 0 Å². The maximum Gasteiger partial charge on any atom is 0.123 e. The summed E-state index contributed by atoms with van der Waals surface area (Å²) < 4.78 is 12.8. The smallest absolute Gasteiger partial charge is 0.123 e. The van der Waals surface area contributed by atoms with E-state index in [1.165, 1.54) is 12.1 Å². The van der Waals surface area contributed by atoms with E-state index in [4.69, 9.17) is 5.73 Å². The molecule has 1 aromatic rings. The number of benzene rings is 1. The first-order valence-electron chi connectivity index (χ1n) is 4.29. The summed E-state index contributed by atoms with van der Waals surface area (Å²) in [6.45, 7) is 2.24. The Morgan fingerprint density at radius 2 is 2.23 bits per heavy atom. The number of aliphatic hydroxyl groups excluding tert-OH is 1. The minimum Gasteiger partial charge on any atom is -0.388 e. The Hall–Kier alpha value is -0.930. The molecule has 0 heterocycles. The van der Waals surface area contributed by atoms with Crippen LogP contribution in [0.25, 0.3) is 0 Å². The van der Waals surface area contributed by atoms with Crippen molar-refractivity contribution in [2.45, 2.75) is 19.4 Å². The molecular weight excluding hydrogens is 169 g/mol. The van der Waals surface area contributed by atoms with Crippen LogP contribution in [0.4, 0.5) is 4.39 Å². The van der Waals surface area contributed by atoms with Gasteiger partial charge in [-0.2, -0.15) is 0 Å². The Bertz CT molecular complexity index is 288. The molecular formula is C10H14FNO. The summed E-state index contributed by atoms with van der Waals surface area (Å²) in [4.78, 5) is 0. The van der Waals surface area contributed by atoms with E-state index in [9.17, 15) is 9.50 Å².